The molecule has 0 atom stereocenters. The molecule has 0 aromatic heterocycles. The number of guanidine groups is 1. The Bertz CT molecular complexity index is 638. The second-order valence-electron chi connectivity index (χ2n) is 7.71. The maximum absolute atomic E-state index is 11.7. The summed E-state index contributed by atoms with van der Waals surface area (Å²) in [5.74, 6) is 0.867. The van der Waals surface area contributed by atoms with E-state index in [2.05, 4.69) is 62.2 Å². The minimum Gasteiger partial charge on any atom is -0.469 e. The first-order valence-corrected chi connectivity index (χ1v) is 9.55. The number of aryl methyl sites for hydroxylation is 1. The van der Waals surface area contributed by atoms with Crippen LogP contribution in [0.4, 0.5) is 0 Å². The molecule has 1 fully saturated rings. The van der Waals surface area contributed by atoms with Gasteiger partial charge in [-0.2, -0.15) is 0 Å². The molecule has 27 heavy (non-hydrogen) atoms. The molecule has 0 bridgehead atoms. The monoisotopic (exact) mass is 487 g/mol. The van der Waals surface area contributed by atoms with Crippen molar-refractivity contribution in [2.45, 2.75) is 46.0 Å². The van der Waals surface area contributed by atoms with Crippen LogP contribution < -0.4 is 5.32 Å². The summed E-state index contributed by atoms with van der Waals surface area (Å²) in [6.07, 6.45) is 1.64. The highest BCUT2D eigenvalue weighted by Crippen LogP contribution is 2.25. The Labute approximate surface area is 181 Å². The van der Waals surface area contributed by atoms with E-state index in [1.807, 2.05) is 0 Å². The van der Waals surface area contributed by atoms with Crippen LogP contribution >= 0.6 is 24.0 Å². The lowest BCUT2D eigenvalue weighted by molar-refractivity contribution is -0.146. The van der Waals surface area contributed by atoms with Crippen LogP contribution in [0.25, 0.3) is 0 Å². The van der Waals surface area contributed by atoms with Crippen LogP contribution in [0.2, 0.25) is 0 Å². The van der Waals surface area contributed by atoms with Gasteiger partial charge in [0.15, 0.2) is 5.96 Å². The highest BCUT2D eigenvalue weighted by molar-refractivity contribution is 14.0. The van der Waals surface area contributed by atoms with Crippen molar-refractivity contribution >= 4 is 35.9 Å². The Hall–Kier alpha value is -1.31. The van der Waals surface area contributed by atoms with Crippen molar-refractivity contribution in [1.82, 2.24) is 10.2 Å². The van der Waals surface area contributed by atoms with Gasteiger partial charge in [0.05, 0.1) is 19.6 Å². The number of nitrogens with one attached hydrogen (secondary N) is 1. The maximum Gasteiger partial charge on any atom is 0.308 e. The zero-order chi connectivity index (χ0) is 19.2. The molecule has 1 aliphatic rings. The Morgan fingerprint density at radius 3 is 2.56 bits per heavy atom. The molecule has 0 radical (unpaired) electrons. The Balaban J connectivity index is 0.00000364. The van der Waals surface area contributed by atoms with Crippen LogP contribution in [0, 0.1) is 12.8 Å². The van der Waals surface area contributed by atoms with Crippen molar-refractivity contribution in [3.05, 3.63) is 35.4 Å². The summed E-state index contributed by atoms with van der Waals surface area (Å²) in [5, 5.41) is 3.41. The van der Waals surface area contributed by atoms with Crippen molar-refractivity contribution in [3.8, 4) is 0 Å². The van der Waals surface area contributed by atoms with Crippen molar-refractivity contribution in [3.63, 3.8) is 0 Å². The normalized spacial score (nSPS) is 15.9. The van der Waals surface area contributed by atoms with E-state index in [0.717, 1.165) is 45.0 Å². The first kappa shape index (κ1) is 23.7. The number of ether oxygens (including phenoxy) is 1. The number of carbonyl (C=O) groups excluding carboxylic acids is 1. The van der Waals surface area contributed by atoms with E-state index in [1.165, 1.54) is 18.2 Å². The third kappa shape index (κ3) is 6.66. The van der Waals surface area contributed by atoms with Crippen molar-refractivity contribution in [1.29, 1.82) is 0 Å². The zero-order valence-corrected chi connectivity index (χ0v) is 19.6. The molecule has 1 aliphatic heterocycles. The molecule has 1 heterocycles. The van der Waals surface area contributed by atoms with E-state index in [4.69, 9.17) is 9.73 Å². The first-order valence-electron chi connectivity index (χ1n) is 9.55. The zero-order valence-electron chi connectivity index (χ0n) is 17.2. The molecule has 1 N–H and O–H groups in total. The standard InChI is InChI=1S/C21H33N3O2.HI/c1-6-22-20(24-12-10-17(11-13-24)19(25)26-5)23-15-21(3,4)18-9-7-8-16(2)14-18;/h7-9,14,17H,6,10-13,15H2,1-5H3,(H,22,23);1H. The van der Waals surface area contributed by atoms with E-state index >= 15 is 0 Å². The van der Waals surface area contributed by atoms with Crippen LogP contribution in [-0.2, 0) is 14.9 Å². The smallest absolute Gasteiger partial charge is 0.308 e. The topological polar surface area (TPSA) is 53.9 Å². The quantitative estimate of drug-likeness (QED) is 0.298. The molecule has 2 rings (SSSR count). The van der Waals surface area contributed by atoms with Crippen molar-refractivity contribution < 1.29 is 9.53 Å². The minimum atomic E-state index is -0.0906. The third-order valence-corrected chi connectivity index (χ3v) is 5.09. The number of nitrogens with zero attached hydrogens (tertiary/aromatic N) is 2. The van der Waals surface area contributed by atoms with E-state index in [1.54, 1.807) is 0 Å². The maximum atomic E-state index is 11.7. The number of hydrogen-bond acceptors (Lipinski definition) is 3. The molecule has 0 spiro atoms. The first-order chi connectivity index (χ1) is 12.4. The van der Waals surface area contributed by atoms with Gasteiger partial charge in [-0.1, -0.05) is 43.7 Å². The summed E-state index contributed by atoms with van der Waals surface area (Å²) < 4.78 is 4.88. The molecular formula is C21H34IN3O2. The number of aliphatic imine (C=N–C) groups is 1. The van der Waals surface area contributed by atoms with Gasteiger partial charge in [-0.15, -0.1) is 24.0 Å². The second-order valence-corrected chi connectivity index (χ2v) is 7.71. The second kappa shape index (κ2) is 10.9. The number of likely N-dealkylation sites (tertiary alicyclic amines) is 1. The lowest BCUT2D eigenvalue weighted by Crippen LogP contribution is -2.47. The number of methoxy groups -OCH3 is 1. The largest absolute Gasteiger partial charge is 0.469 e. The molecule has 152 valence electrons. The number of rotatable bonds is 5. The van der Waals surface area contributed by atoms with Crippen LogP contribution in [0.15, 0.2) is 29.3 Å². The summed E-state index contributed by atoms with van der Waals surface area (Å²) >= 11 is 0. The fraction of sp³-hybridized carbons (Fsp3) is 0.619. The predicted molar refractivity (Wildman–Crippen MR) is 122 cm³/mol. The van der Waals surface area contributed by atoms with Crippen molar-refractivity contribution in [2.24, 2.45) is 10.9 Å². The van der Waals surface area contributed by atoms with Crippen LogP contribution in [0.3, 0.4) is 0 Å². The van der Waals surface area contributed by atoms with Gasteiger partial charge in [0.2, 0.25) is 0 Å². The predicted octanol–water partition coefficient (Wildman–Crippen LogP) is 3.74. The highest BCUT2D eigenvalue weighted by atomic mass is 127. The minimum absolute atomic E-state index is 0. The molecule has 1 aromatic carbocycles. The number of carbonyl (C=O) groups is 1. The fourth-order valence-electron chi connectivity index (χ4n) is 3.35. The Morgan fingerprint density at radius 1 is 1.33 bits per heavy atom. The average Bonchev–Trinajstić information content (AvgIpc) is 2.64. The molecule has 0 unspecified atom stereocenters. The van der Waals surface area contributed by atoms with Gasteiger partial charge in [0.25, 0.3) is 0 Å². The summed E-state index contributed by atoms with van der Waals surface area (Å²) in [6.45, 7) is 11.9. The number of piperidine rings is 1. The van der Waals surface area contributed by atoms with Crippen LogP contribution in [0.5, 0.6) is 0 Å². The van der Waals surface area contributed by atoms with Gasteiger partial charge in [-0.3, -0.25) is 9.79 Å². The Morgan fingerprint density at radius 2 is 2.00 bits per heavy atom. The van der Waals surface area contributed by atoms with E-state index in [9.17, 15) is 4.79 Å². The van der Waals surface area contributed by atoms with Crippen LogP contribution in [0.1, 0.15) is 44.7 Å². The van der Waals surface area contributed by atoms with Crippen molar-refractivity contribution in [2.75, 3.05) is 33.3 Å². The molecule has 0 saturated carbocycles. The van der Waals surface area contributed by atoms with Crippen LogP contribution in [-0.4, -0.2) is 50.1 Å². The molecule has 6 heteroatoms. The number of benzene rings is 1. The van der Waals surface area contributed by atoms with Gasteiger partial charge in [-0.25, -0.2) is 0 Å². The lowest BCUT2D eigenvalue weighted by atomic mass is 9.84. The summed E-state index contributed by atoms with van der Waals surface area (Å²) in [6, 6.07) is 8.65. The fourth-order valence-corrected chi connectivity index (χ4v) is 3.35. The molecule has 1 saturated heterocycles. The van der Waals surface area contributed by atoms with Gasteiger partial charge < -0.3 is 15.0 Å². The van der Waals surface area contributed by atoms with Gasteiger partial charge in [0.1, 0.15) is 0 Å². The molecule has 0 aliphatic carbocycles. The number of esters is 1. The summed E-state index contributed by atoms with van der Waals surface area (Å²) in [4.78, 5) is 18.9. The van der Waals surface area contributed by atoms with E-state index in [-0.39, 0.29) is 41.3 Å². The summed E-state index contributed by atoms with van der Waals surface area (Å²) in [7, 11) is 1.47. The van der Waals surface area contributed by atoms with Gasteiger partial charge >= 0.3 is 5.97 Å². The average molecular weight is 487 g/mol. The lowest BCUT2D eigenvalue weighted by Gasteiger charge is -2.34. The highest BCUT2D eigenvalue weighted by Gasteiger charge is 2.27. The summed E-state index contributed by atoms with van der Waals surface area (Å²) in [5.41, 5.74) is 2.55. The van der Waals surface area contributed by atoms with E-state index < -0.39 is 0 Å². The molecule has 0 amide bonds. The number of halogens is 1. The third-order valence-electron chi connectivity index (χ3n) is 5.09. The van der Waals surface area contributed by atoms with Gasteiger partial charge in [-0.05, 0) is 32.3 Å². The van der Waals surface area contributed by atoms with Gasteiger partial charge in [0, 0.05) is 25.0 Å². The van der Waals surface area contributed by atoms with E-state index in [0.29, 0.717) is 0 Å². The molecular weight excluding hydrogens is 453 g/mol. The molecule has 1 aromatic rings. The number of hydrogen-bond donors (Lipinski definition) is 1. The molecule has 5 nitrogen and oxygen atoms in total. The SMILES string of the molecule is CCNC(=NCC(C)(C)c1cccc(C)c1)N1CCC(C(=O)OC)CC1.I. The Kier molecular flexibility index (Phi) is 9.56.